The highest BCUT2D eigenvalue weighted by atomic mass is 32.2. The molecule has 8 nitrogen and oxygen atoms in total. The van der Waals surface area contributed by atoms with Crippen molar-refractivity contribution in [3.05, 3.63) is 24.3 Å². The number of benzene rings is 1. The first kappa shape index (κ1) is 21.5. The lowest BCUT2D eigenvalue weighted by molar-refractivity contribution is -0.144. The van der Waals surface area contributed by atoms with Gasteiger partial charge >= 0.3 is 0 Å². The second-order valence-electron chi connectivity index (χ2n) is 7.90. The summed E-state index contributed by atoms with van der Waals surface area (Å²) in [6, 6.07) is 5.96. The average Bonchev–Trinajstić information content (AvgIpc) is 3.24. The lowest BCUT2D eigenvalue weighted by Gasteiger charge is -2.37. The molecule has 4 rings (SSSR count). The number of piperazine rings is 1. The Morgan fingerprint density at radius 1 is 1.20 bits per heavy atom. The number of hydrogen-bond acceptors (Lipinski definition) is 6. The molecule has 10 heteroatoms. The maximum atomic E-state index is 13.1. The first-order chi connectivity index (χ1) is 14.3. The average molecular weight is 454 g/mol. The van der Waals surface area contributed by atoms with Crippen molar-refractivity contribution < 1.29 is 22.7 Å². The van der Waals surface area contributed by atoms with E-state index in [9.17, 15) is 18.0 Å². The molecule has 0 saturated carbocycles. The van der Waals surface area contributed by atoms with Gasteiger partial charge in [-0.15, -0.1) is 11.8 Å². The van der Waals surface area contributed by atoms with Gasteiger partial charge in [0.05, 0.1) is 16.4 Å². The van der Waals surface area contributed by atoms with Crippen LogP contribution in [0.5, 0.6) is 5.75 Å². The quantitative estimate of drug-likeness (QED) is 0.669. The molecule has 3 saturated heterocycles. The van der Waals surface area contributed by atoms with Crippen molar-refractivity contribution in [3.63, 3.8) is 0 Å². The minimum atomic E-state index is -3.62. The van der Waals surface area contributed by atoms with E-state index in [-0.39, 0.29) is 34.7 Å². The van der Waals surface area contributed by atoms with Gasteiger partial charge in [0.2, 0.25) is 21.8 Å². The van der Waals surface area contributed by atoms with Crippen molar-refractivity contribution in [2.45, 2.75) is 42.5 Å². The molecule has 164 valence electrons. The topological polar surface area (TPSA) is 87.2 Å². The van der Waals surface area contributed by atoms with Crippen LogP contribution in [0.2, 0.25) is 0 Å². The summed E-state index contributed by atoms with van der Waals surface area (Å²) in [4.78, 5) is 28.8. The summed E-state index contributed by atoms with van der Waals surface area (Å²) in [5.74, 6) is 1.20. The third-order valence-corrected chi connectivity index (χ3v) is 9.47. The Hall–Kier alpha value is -1.78. The van der Waals surface area contributed by atoms with Crippen molar-refractivity contribution in [1.29, 1.82) is 0 Å². The lowest BCUT2D eigenvalue weighted by Crippen LogP contribution is -2.56. The second-order valence-corrected chi connectivity index (χ2v) is 11.3. The standard InChI is InChI=1S/C20H27N3O5S2/c1-3-28-15-4-6-16(7-5-15)30(26,27)22-12-10-21(11-13-22)19(25)17-14-29-20(2)9-8-18(24)23(17)20/h4-7,17H,3,8-14H2,1-2H3/t17-,20-/m0/s1. The minimum absolute atomic E-state index is 0.0394. The third kappa shape index (κ3) is 3.69. The molecule has 0 aromatic heterocycles. The van der Waals surface area contributed by atoms with Gasteiger partial charge in [0, 0.05) is 38.4 Å². The van der Waals surface area contributed by atoms with Crippen LogP contribution in [0, 0.1) is 0 Å². The third-order valence-electron chi connectivity index (χ3n) is 6.05. The van der Waals surface area contributed by atoms with Crippen molar-refractivity contribution >= 4 is 33.6 Å². The smallest absolute Gasteiger partial charge is 0.246 e. The molecule has 2 atom stereocenters. The van der Waals surface area contributed by atoms with E-state index in [1.165, 1.54) is 4.31 Å². The van der Waals surface area contributed by atoms with Gasteiger partial charge in [0.25, 0.3) is 0 Å². The molecule has 0 unspecified atom stereocenters. The molecular formula is C20H27N3O5S2. The maximum Gasteiger partial charge on any atom is 0.246 e. The number of carbonyl (C=O) groups excluding carboxylic acids is 2. The number of amides is 2. The van der Waals surface area contributed by atoms with E-state index < -0.39 is 16.1 Å². The van der Waals surface area contributed by atoms with Crippen LogP contribution in [0.15, 0.2) is 29.2 Å². The van der Waals surface area contributed by atoms with Gasteiger partial charge in [-0.1, -0.05) is 0 Å². The molecular weight excluding hydrogens is 426 g/mol. The summed E-state index contributed by atoms with van der Waals surface area (Å²) in [5.41, 5.74) is 0. The highest BCUT2D eigenvalue weighted by Gasteiger charge is 2.53. The van der Waals surface area contributed by atoms with E-state index in [2.05, 4.69) is 0 Å². The molecule has 0 N–H and O–H groups in total. The first-order valence-corrected chi connectivity index (χ1v) is 12.7. The summed E-state index contributed by atoms with van der Waals surface area (Å²) >= 11 is 1.67. The predicted octanol–water partition coefficient (Wildman–Crippen LogP) is 1.37. The predicted molar refractivity (Wildman–Crippen MR) is 114 cm³/mol. The fourth-order valence-corrected chi connectivity index (χ4v) is 7.23. The Morgan fingerprint density at radius 3 is 2.50 bits per heavy atom. The summed E-state index contributed by atoms with van der Waals surface area (Å²) < 4.78 is 32.7. The Labute approximate surface area is 181 Å². The number of ether oxygens (including phenoxy) is 1. The van der Waals surface area contributed by atoms with Gasteiger partial charge in [-0.25, -0.2) is 8.42 Å². The Balaban J connectivity index is 1.40. The van der Waals surface area contributed by atoms with E-state index in [1.807, 2.05) is 13.8 Å². The molecule has 1 aromatic rings. The lowest BCUT2D eigenvalue weighted by atomic mass is 10.2. The van der Waals surface area contributed by atoms with Gasteiger partial charge in [-0.2, -0.15) is 4.31 Å². The van der Waals surface area contributed by atoms with Gasteiger partial charge in [-0.05, 0) is 44.5 Å². The SMILES string of the molecule is CCOc1ccc(S(=O)(=O)N2CCN(C(=O)[C@@H]3CS[C@@]4(C)CCC(=O)N34)CC2)cc1. The highest BCUT2D eigenvalue weighted by molar-refractivity contribution is 8.01. The van der Waals surface area contributed by atoms with Gasteiger partial charge in [0.1, 0.15) is 11.8 Å². The van der Waals surface area contributed by atoms with Gasteiger partial charge in [-0.3, -0.25) is 9.59 Å². The summed E-state index contributed by atoms with van der Waals surface area (Å²) in [6.07, 6.45) is 1.26. The number of rotatable bonds is 5. The fraction of sp³-hybridized carbons (Fsp3) is 0.600. The van der Waals surface area contributed by atoms with Gasteiger partial charge in [0.15, 0.2) is 0 Å². The minimum Gasteiger partial charge on any atom is -0.494 e. The molecule has 0 bridgehead atoms. The molecule has 3 fully saturated rings. The zero-order chi connectivity index (χ0) is 21.5. The van der Waals surface area contributed by atoms with E-state index in [0.717, 1.165) is 6.42 Å². The molecule has 0 radical (unpaired) electrons. The Kier molecular flexibility index (Phi) is 5.75. The van der Waals surface area contributed by atoms with E-state index >= 15 is 0 Å². The molecule has 0 aliphatic carbocycles. The molecule has 1 aromatic carbocycles. The van der Waals surface area contributed by atoms with Crippen LogP contribution in [0.1, 0.15) is 26.7 Å². The van der Waals surface area contributed by atoms with Crippen molar-refractivity contribution in [3.8, 4) is 5.75 Å². The summed E-state index contributed by atoms with van der Waals surface area (Å²) in [5, 5.41) is 0. The van der Waals surface area contributed by atoms with Crippen molar-refractivity contribution in [2.24, 2.45) is 0 Å². The van der Waals surface area contributed by atoms with E-state index in [4.69, 9.17) is 4.74 Å². The monoisotopic (exact) mass is 453 g/mol. The molecule has 30 heavy (non-hydrogen) atoms. The van der Waals surface area contributed by atoms with E-state index in [1.54, 1.807) is 45.8 Å². The van der Waals surface area contributed by atoms with Crippen molar-refractivity contribution in [1.82, 2.24) is 14.1 Å². The van der Waals surface area contributed by atoms with Crippen LogP contribution in [0.4, 0.5) is 0 Å². The zero-order valence-corrected chi connectivity index (χ0v) is 18.9. The molecule has 3 aliphatic rings. The number of thioether (sulfide) groups is 1. The number of hydrogen-bond donors (Lipinski definition) is 0. The number of fused-ring (bicyclic) bond motifs is 1. The van der Waals surface area contributed by atoms with Crippen molar-refractivity contribution in [2.75, 3.05) is 38.5 Å². The van der Waals surface area contributed by atoms with Crippen LogP contribution in [-0.4, -0.2) is 83.8 Å². The zero-order valence-electron chi connectivity index (χ0n) is 17.2. The molecule has 3 heterocycles. The number of carbonyl (C=O) groups is 2. The molecule has 2 amide bonds. The number of nitrogens with zero attached hydrogens (tertiary/aromatic N) is 3. The largest absolute Gasteiger partial charge is 0.494 e. The molecule has 3 aliphatic heterocycles. The normalized spacial score (nSPS) is 27.4. The van der Waals surface area contributed by atoms with Crippen LogP contribution in [-0.2, 0) is 19.6 Å². The Bertz CT molecular complexity index is 928. The van der Waals surface area contributed by atoms with Crippen LogP contribution in [0.3, 0.4) is 0 Å². The van der Waals surface area contributed by atoms with Crippen LogP contribution < -0.4 is 4.74 Å². The first-order valence-electron chi connectivity index (χ1n) is 10.2. The van der Waals surface area contributed by atoms with Gasteiger partial charge < -0.3 is 14.5 Å². The summed E-state index contributed by atoms with van der Waals surface area (Å²) in [7, 11) is -3.62. The molecule has 0 spiro atoms. The summed E-state index contributed by atoms with van der Waals surface area (Å²) in [6.45, 7) is 5.56. The van der Waals surface area contributed by atoms with Crippen LogP contribution >= 0.6 is 11.8 Å². The highest BCUT2D eigenvalue weighted by Crippen LogP contribution is 2.47. The second kappa shape index (κ2) is 8.05. The fourth-order valence-electron chi connectivity index (χ4n) is 4.39. The Morgan fingerprint density at radius 2 is 1.87 bits per heavy atom. The number of sulfonamides is 1. The van der Waals surface area contributed by atoms with E-state index in [0.29, 0.717) is 37.6 Å². The maximum absolute atomic E-state index is 13.1. The van der Waals surface area contributed by atoms with Crippen LogP contribution in [0.25, 0.3) is 0 Å².